The van der Waals surface area contributed by atoms with Crippen molar-refractivity contribution in [2.75, 3.05) is 19.3 Å². The Hall–Kier alpha value is -0.220. The summed E-state index contributed by atoms with van der Waals surface area (Å²) in [6.07, 6.45) is 7.82. The van der Waals surface area contributed by atoms with Crippen molar-refractivity contribution < 1.29 is 9.90 Å². The molecular formula is C14H25NO2S. The Labute approximate surface area is 114 Å². The van der Waals surface area contributed by atoms with Gasteiger partial charge in [-0.3, -0.25) is 4.79 Å². The third-order valence-corrected chi connectivity index (χ3v) is 5.62. The number of carbonyl (C=O) groups is 1. The molecule has 0 radical (unpaired) electrons. The van der Waals surface area contributed by atoms with Gasteiger partial charge in [-0.05, 0) is 25.5 Å². The number of aliphatic hydroxyl groups is 1. The van der Waals surface area contributed by atoms with Crippen LogP contribution in [0.15, 0.2) is 0 Å². The molecule has 1 heterocycles. The van der Waals surface area contributed by atoms with Crippen molar-refractivity contribution in [2.45, 2.75) is 56.3 Å². The quantitative estimate of drug-likeness (QED) is 0.856. The van der Waals surface area contributed by atoms with E-state index in [1.807, 2.05) is 11.2 Å². The summed E-state index contributed by atoms with van der Waals surface area (Å²) >= 11 is 1.74. The third-order valence-electron chi connectivity index (χ3n) is 4.64. The molecule has 1 N–H and O–H groups in total. The van der Waals surface area contributed by atoms with E-state index < -0.39 is 5.60 Å². The van der Waals surface area contributed by atoms with E-state index in [0.717, 1.165) is 38.8 Å². The smallest absolute Gasteiger partial charge is 0.223 e. The van der Waals surface area contributed by atoms with E-state index in [9.17, 15) is 9.90 Å². The van der Waals surface area contributed by atoms with Gasteiger partial charge in [-0.1, -0.05) is 19.8 Å². The van der Waals surface area contributed by atoms with Crippen molar-refractivity contribution in [2.24, 2.45) is 5.92 Å². The first-order valence-corrected chi connectivity index (χ1v) is 8.37. The fourth-order valence-electron chi connectivity index (χ4n) is 3.26. The number of likely N-dealkylation sites (tertiary alicyclic amines) is 1. The Bertz CT molecular complexity index is 310. The maximum absolute atomic E-state index is 12.2. The van der Waals surface area contributed by atoms with Crippen LogP contribution in [0.5, 0.6) is 0 Å². The highest BCUT2D eigenvalue weighted by atomic mass is 32.2. The number of amides is 1. The largest absolute Gasteiger partial charge is 0.389 e. The zero-order valence-corrected chi connectivity index (χ0v) is 12.3. The molecule has 2 fully saturated rings. The molecular weight excluding hydrogens is 246 g/mol. The molecule has 1 aliphatic carbocycles. The first-order valence-electron chi connectivity index (χ1n) is 7.08. The van der Waals surface area contributed by atoms with E-state index in [4.69, 9.17) is 0 Å². The molecule has 0 aromatic heterocycles. The molecule has 1 saturated carbocycles. The van der Waals surface area contributed by atoms with E-state index in [0.29, 0.717) is 17.6 Å². The molecule has 4 heteroatoms. The molecule has 2 rings (SSSR count). The van der Waals surface area contributed by atoms with Crippen molar-refractivity contribution in [3.05, 3.63) is 0 Å². The molecule has 1 aliphatic heterocycles. The summed E-state index contributed by atoms with van der Waals surface area (Å²) in [4.78, 5) is 14.2. The Balaban J connectivity index is 1.92. The fraction of sp³-hybridized carbons (Fsp3) is 0.929. The Kier molecular flexibility index (Phi) is 4.59. The minimum absolute atomic E-state index is 0.268. The SMILES string of the molecule is CSC(C)CC(=O)N1CCC2(O)CCCCC2C1. The lowest BCUT2D eigenvalue weighted by atomic mass is 9.71. The van der Waals surface area contributed by atoms with Crippen LogP contribution in [0.25, 0.3) is 0 Å². The van der Waals surface area contributed by atoms with Gasteiger partial charge in [0.1, 0.15) is 0 Å². The summed E-state index contributed by atoms with van der Waals surface area (Å²) in [7, 11) is 0. The highest BCUT2D eigenvalue weighted by Gasteiger charge is 2.43. The predicted molar refractivity (Wildman–Crippen MR) is 75.7 cm³/mol. The molecule has 0 bridgehead atoms. The zero-order chi connectivity index (χ0) is 13.2. The van der Waals surface area contributed by atoms with Gasteiger partial charge in [0.25, 0.3) is 0 Å². The summed E-state index contributed by atoms with van der Waals surface area (Å²) in [5, 5.41) is 11.0. The molecule has 3 atom stereocenters. The molecule has 0 aromatic carbocycles. The van der Waals surface area contributed by atoms with Gasteiger partial charge in [-0.2, -0.15) is 11.8 Å². The molecule has 18 heavy (non-hydrogen) atoms. The van der Waals surface area contributed by atoms with Crippen molar-refractivity contribution in [3.8, 4) is 0 Å². The van der Waals surface area contributed by atoms with Crippen molar-refractivity contribution in [3.63, 3.8) is 0 Å². The maximum atomic E-state index is 12.2. The van der Waals surface area contributed by atoms with Gasteiger partial charge in [-0.25, -0.2) is 0 Å². The number of rotatable bonds is 3. The fourth-order valence-corrected chi connectivity index (χ4v) is 3.56. The average Bonchev–Trinajstić information content (AvgIpc) is 2.37. The number of hydrogen-bond donors (Lipinski definition) is 1. The number of nitrogens with zero attached hydrogens (tertiary/aromatic N) is 1. The summed E-state index contributed by atoms with van der Waals surface area (Å²) in [5.41, 5.74) is -0.472. The second-order valence-corrected chi connectivity index (χ2v) is 7.16. The normalized spacial score (nSPS) is 33.9. The summed E-state index contributed by atoms with van der Waals surface area (Å²) in [6.45, 7) is 3.62. The van der Waals surface area contributed by atoms with Gasteiger partial charge in [-0.15, -0.1) is 0 Å². The van der Waals surface area contributed by atoms with Crippen LogP contribution in [-0.2, 0) is 4.79 Å². The lowest BCUT2D eigenvalue weighted by molar-refractivity contribution is -0.143. The van der Waals surface area contributed by atoms with Crippen LogP contribution in [0, 0.1) is 5.92 Å². The first-order chi connectivity index (χ1) is 8.55. The van der Waals surface area contributed by atoms with E-state index in [1.165, 1.54) is 6.42 Å². The molecule has 0 aromatic rings. The first kappa shape index (κ1) is 14.2. The second kappa shape index (κ2) is 5.83. The van der Waals surface area contributed by atoms with Crippen LogP contribution < -0.4 is 0 Å². The molecule has 104 valence electrons. The number of hydrogen-bond acceptors (Lipinski definition) is 3. The van der Waals surface area contributed by atoms with Crippen LogP contribution in [0.1, 0.15) is 45.4 Å². The molecule has 0 spiro atoms. The van der Waals surface area contributed by atoms with Crippen LogP contribution in [0.3, 0.4) is 0 Å². The Morgan fingerprint density at radius 2 is 2.28 bits per heavy atom. The summed E-state index contributed by atoms with van der Waals surface area (Å²) in [6, 6.07) is 0. The molecule has 3 unspecified atom stereocenters. The molecule has 3 nitrogen and oxygen atoms in total. The molecule has 1 saturated heterocycles. The lowest BCUT2D eigenvalue weighted by Gasteiger charge is -2.47. The second-order valence-electron chi connectivity index (χ2n) is 5.89. The minimum atomic E-state index is -0.472. The van der Waals surface area contributed by atoms with Crippen molar-refractivity contribution in [1.82, 2.24) is 4.90 Å². The minimum Gasteiger partial charge on any atom is -0.389 e. The third kappa shape index (κ3) is 3.02. The molecule has 2 aliphatic rings. The highest BCUT2D eigenvalue weighted by molar-refractivity contribution is 7.99. The van der Waals surface area contributed by atoms with E-state index in [1.54, 1.807) is 11.8 Å². The number of fused-ring (bicyclic) bond motifs is 1. The van der Waals surface area contributed by atoms with Crippen LogP contribution in [-0.4, -0.2) is 46.1 Å². The predicted octanol–water partition coefficient (Wildman–Crippen LogP) is 2.28. The summed E-state index contributed by atoms with van der Waals surface area (Å²) in [5.74, 6) is 0.581. The van der Waals surface area contributed by atoms with Crippen molar-refractivity contribution in [1.29, 1.82) is 0 Å². The Morgan fingerprint density at radius 3 is 3.00 bits per heavy atom. The van der Waals surface area contributed by atoms with E-state index >= 15 is 0 Å². The van der Waals surface area contributed by atoms with Gasteiger partial charge in [0.05, 0.1) is 5.60 Å². The zero-order valence-electron chi connectivity index (χ0n) is 11.5. The van der Waals surface area contributed by atoms with E-state index in [2.05, 4.69) is 6.92 Å². The monoisotopic (exact) mass is 271 g/mol. The number of piperidine rings is 1. The van der Waals surface area contributed by atoms with Crippen molar-refractivity contribution >= 4 is 17.7 Å². The number of thioether (sulfide) groups is 1. The maximum Gasteiger partial charge on any atom is 0.223 e. The summed E-state index contributed by atoms with van der Waals surface area (Å²) < 4.78 is 0. The number of carbonyl (C=O) groups excluding carboxylic acids is 1. The van der Waals surface area contributed by atoms with Gasteiger partial charge in [0.2, 0.25) is 5.91 Å². The standard InChI is InChI=1S/C14H25NO2S/c1-11(18-2)9-13(16)15-8-7-14(17)6-4-3-5-12(14)10-15/h11-12,17H,3-10H2,1-2H3. The van der Waals surface area contributed by atoms with Crippen LogP contribution in [0.2, 0.25) is 0 Å². The van der Waals surface area contributed by atoms with E-state index in [-0.39, 0.29) is 5.91 Å². The molecule has 1 amide bonds. The van der Waals surface area contributed by atoms with Crippen LogP contribution in [0.4, 0.5) is 0 Å². The Morgan fingerprint density at radius 1 is 1.50 bits per heavy atom. The van der Waals surface area contributed by atoms with Gasteiger partial charge in [0.15, 0.2) is 0 Å². The van der Waals surface area contributed by atoms with Gasteiger partial charge < -0.3 is 10.0 Å². The topological polar surface area (TPSA) is 40.5 Å². The van der Waals surface area contributed by atoms with Gasteiger partial charge >= 0.3 is 0 Å². The van der Waals surface area contributed by atoms with Gasteiger partial charge in [0, 0.05) is 30.7 Å². The lowest BCUT2D eigenvalue weighted by Crippen LogP contribution is -2.54. The van der Waals surface area contributed by atoms with Crippen LogP contribution >= 0.6 is 11.8 Å². The average molecular weight is 271 g/mol. The highest BCUT2D eigenvalue weighted by Crippen LogP contribution is 2.39.